The van der Waals surface area contributed by atoms with Crippen molar-refractivity contribution < 1.29 is 4.52 Å². The minimum Gasteiger partial charge on any atom is -0.338 e. The van der Waals surface area contributed by atoms with Crippen LogP contribution in [0.5, 0.6) is 0 Å². The highest BCUT2D eigenvalue weighted by molar-refractivity contribution is 5.14. The molecule has 136 valence electrons. The van der Waals surface area contributed by atoms with E-state index < -0.39 is 0 Å². The highest BCUT2D eigenvalue weighted by Gasteiger charge is 2.26. The van der Waals surface area contributed by atoms with Crippen molar-refractivity contribution in [1.29, 1.82) is 0 Å². The first-order chi connectivity index (χ1) is 12.3. The van der Waals surface area contributed by atoms with Crippen LogP contribution in [0.2, 0.25) is 0 Å². The summed E-state index contributed by atoms with van der Waals surface area (Å²) in [5, 5.41) is 4.07. The summed E-state index contributed by atoms with van der Waals surface area (Å²) in [5.41, 5.74) is 6.96. The Morgan fingerprint density at radius 2 is 2.16 bits per heavy atom. The van der Waals surface area contributed by atoms with Crippen LogP contribution in [0, 0.1) is 0 Å². The van der Waals surface area contributed by atoms with E-state index >= 15 is 0 Å². The Hall–Kier alpha value is -1.76. The average Bonchev–Trinajstić information content (AvgIpc) is 3.10. The van der Waals surface area contributed by atoms with Crippen LogP contribution in [0.3, 0.4) is 0 Å². The molecule has 1 saturated heterocycles. The van der Waals surface area contributed by atoms with Gasteiger partial charge in [-0.2, -0.15) is 4.98 Å². The molecule has 0 radical (unpaired) electrons. The van der Waals surface area contributed by atoms with Gasteiger partial charge in [-0.25, -0.2) is 0 Å². The monoisotopic (exact) mass is 343 g/mol. The predicted octanol–water partition coefficient (Wildman–Crippen LogP) is 2.40. The molecular weight excluding hydrogens is 314 g/mol. The van der Waals surface area contributed by atoms with Gasteiger partial charge in [0.2, 0.25) is 5.89 Å². The number of likely N-dealkylation sites (tertiary alicyclic amines) is 1. The van der Waals surface area contributed by atoms with Gasteiger partial charge in [-0.3, -0.25) is 9.80 Å². The van der Waals surface area contributed by atoms with Crippen LogP contribution in [0.15, 0.2) is 34.9 Å². The molecule has 1 fully saturated rings. The van der Waals surface area contributed by atoms with Crippen LogP contribution >= 0.6 is 0 Å². The lowest BCUT2D eigenvalue weighted by Crippen LogP contribution is -2.47. The maximum atomic E-state index is 5.57. The summed E-state index contributed by atoms with van der Waals surface area (Å²) in [6.45, 7) is 7.60. The van der Waals surface area contributed by atoms with E-state index in [0.29, 0.717) is 18.5 Å². The van der Waals surface area contributed by atoms with Gasteiger partial charge < -0.3 is 10.3 Å². The largest absolute Gasteiger partial charge is 0.338 e. The zero-order valence-corrected chi connectivity index (χ0v) is 15.1. The number of nitrogens with two attached hydrogens (primary N) is 1. The standard InChI is InChI=1S/C19H29N5O/c1-2-10-24(15-18-21-19(12-20)25-22-18)17-9-6-11-23(14-17)13-16-7-4-3-5-8-16/h3-5,7-8,17H,2,6,9-15,20H2,1H3. The SMILES string of the molecule is CCCN(Cc1noc(CN)n1)C1CCCN(Cc2ccccc2)C1. The van der Waals surface area contributed by atoms with Crippen molar-refractivity contribution in [3.05, 3.63) is 47.6 Å². The third-order valence-electron chi connectivity index (χ3n) is 4.79. The van der Waals surface area contributed by atoms with Crippen molar-refractivity contribution >= 4 is 0 Å². The molecule has 1 atom stereocenters. The fourth-order valence-corrected chi connectivity index (χ4v) is 3.61. The molecule has 25 heavy (non-hydrogen) atoms. The Kier molecular flexibility index (Phi) is 6.55. The lowest BCUT2D eigenvalue weighted by atomic mass is 10.0. The Morgan fingerprint density at radius 3 is 2.88 bits per heavy atom. The molecule has 1 unspecified atom stereocenters. The van der Waals surface area contributed by atoms with Gasteiger partial charge in [-0.1, -0.05) is 42.4 Å². The van der Waals surface area contributed by atoms with E-state index in [0.717, 1.165) is 38.4 Å². The lowest BCUT2D eigenvalue weighted by molar-refractivity contribution is 0.0852. The summed E-state index contributed by atoms with van der Waals surface area (Å²) in [5.74, 6) is 1.26. The summed E-state index contributed by atoms with van der Waals surface area (Å²) >= 11 is 0. The summed E-state index contributed by atoms with van der Waals surface area (Å²) in [6.07, 6.45) is 3.58. The van der Waals surface area contributed by atoms with Gasteiger partial charge >= 0.3 is 0 Å². The molecular formula is C19H29N5O. The minimum absolute atomic E-state index is 0.301. The van der Waals surface area contributed by atoms with E-state index in [1.807, 2.05) is 0 Å². The second-order valence-electron chi connectivity index (χ2n) is 6.80. The topological polar surface area (TPSA) is 71.4 Å². The zero-order chi connectivity index (χ0) is 17.5. The molecule has 1 aliphatic heterocycles. The first kappa shape index (κ1) is 18.0. The lowest BCUT2D eigenvalue weighted by Gasteiger charge is -2.39. The Morgan fingerprint density at radius 1 is 1.32 bits per heavy atom. The first-order valence-corrected chi connectivity index (χ1v) is 9.30. The second-order valence-corrected chi connectivity index (χ2v) is 6.80. The molecule has 2 aromatic rings. The van der Waals surface area contributed by atoms with E-state index in [1.165, 1.54) is 24.9 Å². The molecule has 0 saturated carbocycles. The van der Waals surface area contributed by atoms with Gasteiger partial charge in [0.25, 0.3) is 0 Å². The molecule has 0 aliphatic carbocycles. The van der Waals surface area contributed by atoms with Gasteiger partial charge in [-0.15, -0.1) is 0 Å². The Labute approximate surface area is 150 Å². The first-order valence-electron chi connectivity index (χ1n) is 9.30. The second kappa shape index (κ2) is 9.08. The van der Waals surface area contributed by atoms with E-state index in [-0.39, 0.29) is 0 Å². The fourth-order valence-electron chi connectivity index (χ4n) is 3.61. The van der Waals surface area contributed by atoms with Crippen LogP contribution in [0.4, 0.5) is 0 Å². The average molecular weight is 343 g/mol. The number of rotatable bonds is 8. The van der Waals surface area contributed by atoms with E-state index in [9.17, 15) is 0 Å². The molecule has 0 amide bonds. The maximum Gasteiger partial charge on any atom is 0.240 e. The summed E-state index contributed by atoms with van der Waals surface area (Å²) in [7, 11) is 0. The molecule has 2 N–H and O–H groups in total. The van der Waals surface area contributed by atoms with Gasteiger partial charge in [0, 0.05) is 19.1 Å². The minimum atomic E-state index is 0.301. The quantitative estimate of drug-likeness (QED) is 0.793. The number of nitrogens with zero attached hydrogens (tertiary/aromatic N) is 4. The van der Waals surface area contributed by atoms with E-state index in [1.54, 1.807) is 0 Å². The normalized spacial score (nSPS) is 18.8. The third-order valence-corrected chi connectivity index (χ3v) is 4.79. The Balaban J connectivity index is 1.61. The fraction of sp³-hybridized carbons (Fsp3) is 0.579. The predicted molar refractivity (Wildman–Crippen MR) is 97.6 cm³/mol. The van der Waals surface area contributed by atoms with Gasteiger partial charge in [0.1, 0.15) is 0 Å². The summed E-state index contributed by atoms with van der Waals surface area (Å²) < 4.78 is 5.16. The molecule has 2 heterocycles. The maximum absolute atomic E-state index is 5.57. The van der Waals surface area contributed by atoms with Crippen molar-refractivity contribution in [3.8, 4) is 0 Å². The van der Waals surface area contributed by atoms with Crippen molar-refractivity contribution in [2.75, 3.05) is 19.6 Å². The van der Waals surface area contributed by atoms with E-state index in [4.69, 9.17) is 10.3 Å². The number of benzene rings is 1. The summed E-state index contributed by atoms with van der Waals surface area (Å²) in [4.78, 5) is 9.44. The van der Waals surface area contributed by atoms with Crippen LogP contribution in [-0.2, 0) is 19.6 Å². The Bertz CT molecular complexity index is 630. The van der Waals surface area contributed by atoms with Crippen molar-refractivity contribution in [1.82, 2.24) is 19.9 Å². The molecule has 1 aromatic carbocycles. The van der Waals surface area contributed by atoms with E-state index in [2.05, 4.69) is 57.2 Å². The molecule has 6 heteroatoms. The smallest absolute Gasteiger partial charge is 0.240 e. The van der Waals surface area contributed by atoms with Gasteiger partial charge in [-0.05, 0) is 37.9 Å². The van der Waals surface area contributed by atoms with Gasteiger partial charge in [0.05, 0.1) is 13.1 Å². The molecule has 1 aromatic heterocycles. The molecule has 0 bridgehead atoms. The number of hydrogen-bond donors (Lipinski definition) is 1. The van der Waals surface area contributed by atoms with Crippen molar-refractivity contribution in [2.24, 2.45) is 5.73 Å². The number of aromatic nitrogens is 2. The molecule has 6 nitrogen and oxygen atoms in total. The van der Waals surface area contributed by atoms with Crippen LogP contribution < -0.4 is 5.73 Å². The zero-order valence-electron chi connectivity index (χ0n) is 15.1. The van der Waals surface area contributed by atoms with Crippen LogP contribution in [0.25, 0.3) is 0 Å². The van der Waals surface area contributed by atoms with Crippen LogP contribution in [-0.4, -0.2) is 45.6 Å². The molecule has 1 aliphatic rings. The highest BCUT2D eigenvalue weighted by atomic mass is 16.5. The summed E-state index contributed by atoms with van der Waals surface area (Å²) in [6, 6.07) is 11.3. The number of hydrogen-bond acceptors (Lipinski definition) is 6. The molecule has 3 rings (SSSR count). The van der Waals surface area contributed by atoms with Gasteiger partial charge in [0.15, 0.2) is 5.82 Å². The van der Waals surface area contributed by atoms with Crippen molar-refractivity contribution in [2.45, 2.75) is 51.9 Å². The number of piperidine rings is 1. The highest BCUT2D eigenvalue weighted by Crippen LogP contribution is 2.20. The van der Waals surface area contributed by atoms with Crippen molar-refractivity contribution in [3.63, 3.8) is 0 Å². The van der Waals surface area contributed by atoms with Crippen LogP contribution in [0.1, 0.15) is 43.5 Å². The molecule has 0 spiro atoms. The third kappa shape index (κ3) is 5.11.